The number of aryl methyl sites for hydroxylation is 1. The number of thioether (sulfide) groups is 2. The number of imidazole rings is 1. The van der Waals surface area contributed by atoms with E-state index in [0.29, 0.717) is 5.56 Å². The molecule has 5 nitrogen and oxygen atoms in total. The number of rotatable bonds is 12. The summed E-state index contributed by atoms with van der Waals surface area (Å²) in [6, 6.07) is 20.5. The molecule has 0 fully saturated rings. The van der Waals surface area contributed by atoms with Gasteiger partial charge in [-0.3, -0.25) is 4.79 Å². The van der Waals surface area contributed by atoms with Crippen molar-refractivity contribution in [1.82, 2.24) is 19.9 Å². The average molecular weight is 505 g/mol. The molecule has 0 atom stereocenters. The van der Waals surface area contributed by atoms with Crippen molar-refractivity contribution in [3.05, 3.63) is 89.1 Å². The van der Waals surface area contributed by atoms with Gasteiger partial charge in [0.2, 0.25) is 0 Å². The van der Waals surface area contributed by atoms with E-state index in [-0.39, 0.29) is 5.91 Å². The normalized spacial score (nSPS) is 11.1. The zero-order valence-electron chi connectivity index (χ0n) is 20.4. The first-order chi connectivity index (χ1) is 17.1. The third-order valence-corrected chi connectivity index (χ3v) is 7.92. The molecule has 0 unspecified atom stereocenters. The molecular weight excluding hydrogens is 472 g/mol. The minimum absolute atomic E-state index is 0.00397. The SMILES string of the molecule is CCCSCCCNC(=O)c1ccc(CSc2nc3ncccc3n2Cc2cccc(C)c2)cc1. The van der Waals surface area contributed by atoms with E-state index in [9.17, 15) is 4.79 Å². The maximum absolute atomic E-state index is 12.4. The fraction of sp³-hybridized carbons (Fsp3) is 0.321. The Labute approximate surface area is 216 Å². The van der Waals surface area contributed by atoms with Gasteiger partial charge in [-0.1, -0.05) is 60.6 Å². The molecule has 2 aromatic carbocycles. The van der Waals surface area contributed by atoms with Crippen molar-refractivity contribution < 1.29 is 4.79 Å². The molecule has 0 bridgehead atoms. The van der Waals surface area contributed by atoms with Crippen LogP contribution in [-0.2, 0) is 12.3 Å². The molecule has 7 heteroatoms. The largest absolute Gasteiger partial charge is 0.352 e. The van der Waals surface area contributed by atoms with Gasteiger partial charge < -0.3 is 9.88 Å². The van der Waals surface area contributed by atoms with Gasteiger partial charge >= 0.3 is 0 Å². The molecule has 0 radical (unpaired) electrons. The van der Waals surface area contributed by atoms with Gasteiger partial charge in [-0.2, -0.15) is 11.8 Å². The smallest absolute Gasteiger partial charge is 0.251 e. The van der Waals surface area contributed by atoms with Gasteiger partial charge in [0, 0.05) is 24.1 Å². The van der Waals surface area contributed by atoms with Gasteiger partial charge in [0.1, 0.15) is 0 Å². The maximum atomic E-state index is 12.4. The Hall–Kier alpha value is -2.77. The molecule has 4 rings (SSSR count). The van der Waals surface area contributed by atoms with Crippen molar-refractivity contribution in [3.8, 4) is 0 Å². The van der Waals surface area contributed by atoms with Crippen LogP contribution in [0.2, 0.25) is 0 Å². The van der Waals surface area contributed by atoms with Crippen LogP contribution in [0.15, 0.2) is 72.0 Å². The predicted octanol–water partition coefficient (Wildman–Crippen LogP) is 6.34. The van der Waals surface area contributed by atoms with Crippen molar-refractivity contribution >= 4 is 40.6 Å². The molecule has 0 aliphatic rings. The molecule has 0 saturated heterocycles. The number of hydrogen-bond donors (Lipinski definition) is 1. The molecular formula is C28H32N4OS2. The third kappa shape index (κ3) is 7.12. The first-order valence-electron chi connectivity index (χ1n) is 12.1. The number of benzene rings is 2. The molecule has 1 amide bonds. The zero-order valence-corrected chi connectivity index (χ0v) is 22.0. The molecule has 1 N–H and O–H groups in total. The van der Waals surface area contributed by atoms with E-state index in [0.717, 1.165) is 52.9 Å². The topological polar surface area (TPSA) is 59.8 Å². The lowest BCUT2D eigenvalue weighted by atomic mass is 10.1. The number of amides is 1. The van der Waals surface area contributed by atoms with Crippen LogP contribution in [0.3, 0.4) is 0 Å². The van der Waals surface area contributed by atoms with E-state index < -0.39 is 0 Å². The van der Waals surface area contributed by atoms with Gasteiger partial charge in [0.25, 0.3) is 5.91 Å². The average Bonchev–Trinajstić information content (AvgIpc) is 3.22. The number of nitrogens with one attached hydrogen (secondary N) is 1. The van der Waals surface area contributed by atoms with Gasteiger partial charge in [-0.05, 0) is 66.7 Å². The summed E-state index contributed by atoms with van der Waals surface area (Å²) < 4.78 is 2.24. The number of fused-ring (bicyclic) bond motifs is 1. The number of hydrogen-bond acceptors (Lipinski definition) is 5. The summed E-state index contributed by atoms with van der Waals surface area (Å²) in [5.41, 5.74) is 6.16. The highest BCUT2D eigenvalue weighted by atomic mass is 32.2. The van der Waals surface area contributed by atoms with E-state index in [2.05, 4.69) is 59.0 Å². The zero-order chi connectivity index (χ0) is 24.5. The van der Waals surface area contributed by atoms with Crippen molar-refractivity contribution in [3.63, 3.8) is 0 Å². The minimum atomic E-state index is -0.00397. The van der Waals surface area contributed by atoms with Gasteiger partial charge in [0.05, 0.1) is 12.1 Å². The first-order valence-corrected chi connectivity index (χ1v) is 14.2. The van der Waals surface area contributed by atoms with Crippen LogP contribution < -0.4 is 5.32 Å². The van der Waals surface area contributed by atoms with Crippen molar-refractivity contribution in [2.24, 2.45) is 0 Å². The Bertz CT molecular complexity index is 1250. The molecule has 4 aromatic rings. The monoisotopic (exact) mass is 504 g/mol. The Morgan fingerprint density at radius 2 is 1.89 bits per heavy atom. The van der Waals surface area contributed by atoms with Crippen LogP contribution in [0.4, 0.5) is 0 Å². The lowest BCUT2D eigenvalue weighted by Gasteiger charge is -2.10. The highest BCUT2D eigenvalue weighted by Crippen LogP contribution is 2.27. The number of aromatic nitrogens is 3. The standard InChI is InChI=1S/C28H32N4OS2/c1-3-16-34-17-6-15-30-27(33)24-12-10-22(11-13-24)20-35-28-31-26-25(9-5-14-29-26)32(28)19-23-8-4-7-21(2)18-23/h4-5,7-14,18H,3,6,15-17,19-20H2,1-2H3,(H,30,33). The third-order valence-electron chi connectivity index (χ3n) is 5.60. The highest BCUT2D eigenvalue weighted by Gasteiger charge is 2.13. The fourth-order valence-electron chi connectivity index (χ4n) is 3.82. The summed E-state index contributed by atoms with van der Waals surface area (Å²) in [5.74, 6) is 3.05. The van der Waals surface area contributed by atoms with Crippen LogP contribution in [-0.4, -0.2) is 38.5 Å². The van der Waals surface area contributed by atoms with E-state index in [4.69, 9.17) is 4.98 Å². The second-order valence-electron chi connectivity index (χ2n) is 8.52. The van der Waals surface area contributed by atoms with Crippen LogP contribution in [0.5, 0.6) is 0 Å². The number of nitrogens with zero attached hydrogens (tertiary/aromatic N) is 3. The summed E-state index contributed by atoms with van der Waals surface area (Å²) in [5, 5.41) is 3.97. The molecule has 0 spiro atoms. The molecule has 0 aliphatic heterocycles. The fourth-order valence-corrected chi connectivity index (χ4v) is 5.62. The summed E-state index contributed by atoms with van der Waals surface area (Å²) in [4.78, 5) is 21.7. The van der Waals surface area contributed by atoms with Crippen molar-refractivity contribution in [2.75, 3.05) is 18.1 Å². The Balaban J connectivity index is 1.38. The second-order valence-corrected chi connectivity index (χ2v) is 10.7. The molecule has 35 heavy (non-hydrogen) atoms. The Morgan fingerprint density at radius 3 is 2.69 bits per heavy atom. The van der Waals surface area contributed by atoms with E-state index in [1.807, 2.05) is 42.1 Å². The van der Waals surface area contributed by atoms with Crippen molar-refractivity contribution in [2.45, 2.75) is 44.1 Å². The molecule has 182 valence electrons. The van der Waals surface area contributed by atoms with Crippen molar-refractivity contribution in [1.29, 1.82) is 0 Å². The molecule has 2 aromatic heterocycles. The summed E-state index contributed by atoms with van der Waals surface area (Å²) in [6.45, 7) is 5.78. The Kier molecular flexibility index (Phi) is 9.26. The summed E-state index contributed by atoms with van der Waals surface area (Å²) in [7, 11) is 0. The highest BCUT2D eigenvalue weighted by molar-refractivity contribution is 7.99. The maximum Gasteiger partial charge on any atom is 0.251 e. The predicted molar refractivity (Wildman–Crippen MR) is 148 cm³/mol. The summed E-state index contributed by atoms with van der Waals surface area (Å²) >= 11 is 3.64. The van der Waals surface area contributed by atoms with E-state index in [1.54, 1.807) is 18.0 Å². The minimum Gasteiger partial charge on any atom is -0.352 e. The number of carbonyl (C=O) groups excluding carboxylic acids is 1. The number of carbonyl (C=O) groups is 1. The Morgan fingerprint density at radius 1 is 1.03 bits per heavy atom. The van der Waals surface area contributed by atoms with E-state index >= 15 is 0 Å². The lowest BCUT2D eigenvalue weighted by Crippen LogP contribution is -2.24. The van der Waals surface area contributed by atoms with Gasteiger partial charge in [-0.25, -0.2) is 9.97 Å². The lowest BCUT2D eigenvalue weighted by molar-refractivity contribution is 0.0954. The quantitative estimate of drug-likeness (QED) is 0.180. The summed E-state index contributed by atoms with van der Waals surface area (Å²) in [6.07, 6.45) is 3.99. The van der Waals surface area contributed by atoms with Crippen LogP contribution in [0, 0.1) is 6.92 Å². The van der Waals surface area contributed by atoms with E-state index in [1.165, 1.54) is 23.3 Å². The van der Waals surface area contributed by atoms with Gasteiger partial charge in [0.15, 0.2) is 10.8 Å². The number of pyridine rings is 1. The molecule has 2 heterocycles. The van der Waals surface area contributed by atoms with Crippen LogP contribution in [0.1, 0.15) is 46.8 Å². The van der Waals surface area contributed by atoms with Crippen LogP contribution in [0.25, 0.3) is 11.2 Å². The molecule has 0 aliphatic carbocycles. The van der Waals surface area contributed by atoms with Gasteiger partial charge in [-0.15, -0.1) is 0 Å². The molecule has 0 saturated carbocycles. The first kappa shape index (κ1) is 25.3. The second kappa shape index (κ2) is 12.8. The van der Waals surface area contributed by atoms with Crippen LogP contribution >= 0.6 is 23.5 Å².